The van der Waals surface area contributed by atoms with Crippen LogP contribution >= 0.6 is 0 Å². The van der Waals surface area contributed by atoms with Crippen molar-refractivity contribution in [3.05, 3.63) is 17.0 Å². The van der Waals surface area contributed by atoms with Gasteiger partial charge >= 0.3 is 12.1 Å². The van der Waals surface area contributed by atoms with Gasteiger partial charge in [0.15, 0.2) is 5.69 Å². The molecule has 144 valence electrons. The molecule has 0 saturated heterocycles. The lowest BCUT2D eigenvalue weighted by atomic mass is 9.85. The smallest absolute Gasteiger partial charge is 0.410 e. The van der Waals surface area contributed by atoms with Crippen molar-refractivity contribution in [3.63, 3.8) is 0 Å². The van der Waals surface area contributed by atoms with E-state index in [0.717, 1.165) is 17.8 Å². The van der Waals surface area contributed by atoms with Crippen LogP contribution in [0.25, 0.3) is 0 Å². The minimum atomic E-state index is -0.546. The first kappa shape index (κ1) is 18.7. The maximum Gasteiger partial charge on any atom is 0.410 e. The Morgan fingerprint density at radius 3 is 2.58 bits per heavy atom. The summed E-state index contributed by atoms with van der Waals surface area (Å²) < 4.78 is 12.6. The number of esters is 1. The Bertz CT molecular complexity index is 686. The Kier molecular flexibility index (Phi) is 5.25. The van der Waals surface area contributed by atoms with Crippen molar-refractivity contribution in [2.75, 3.05) is 13.2 Å². The summed E-state index contributed by atoms with van der Waals surface area (Å²) in [6, 6.07) is 0. The third-order valence-corrected chi connectivity index (χ3v) is 4.91. The molecule has 0 spiro atoms. The van der Waals surface area contributed by atoms with Crippen LogP contribution in [0, 0.1) is 5.92 Å². The highest BCUT2D eigenvalue weighted by Gasteiger charge is 2.33. The molecule has 0 atom stereocenters. The average molecular weight is 363 g/mol. The lowest BCUT2D eigenvalue weighted by Crippen LogP contribution is -2.40. The molecule has 0 N–H and O–H groups in total. The summed E-state index contributed by atoms with van der Waals surface area (Å²) >= 11 is 0. The van der Waals surface area contributed by atoms with Gasteiger partial charge < -0.3 is 14.4 Å². The molecular formula is C19H29N3O4. The molecular weight excluding hydrogens is 334 g/mol. The van der Waals surface area contributed by atoms with Gasteiger partial charge in [-0.2, -0.15) is 5.10 Å². The second kappa shape index (κ2) is 7.29. The van der Waals surface area contributed by atoms with Crippen molar-refractivity contribution in [3.8, 4) is 0 Å². The van der Waals surface area contributed by atoms with Gasteiger partial charge in [-0.15, -0.1) is 0 Å². The molecule has 26 heavy (non-hydrogen) atoms. The largest absolute Gasteiger partial charge is 0.461 e. The van der Waals surface area contributed by atoms with E-state index in [2.05, 4.69) is 5.10 Å². The molecule has 7 nitrogen and oxygen atoms in total. The van der Waals surface area contributed by atoms with E-state index in [4.69, 9.17) is 9.47 Å². The number of hydrogen-bond donors (Lipinski definition) is 0. The van der Waals surface area contributed by atoms with Crippen molar-refractivity contribution in [2.45, 2.75) is 72.1 Å². The fraction of sp³-hybridized carbons (Fsp3) is 0.737. The van der Waals surface area contributed by atoms with Crippen LogP contribution in [-0.4, -0.2) is 45.5 Å². The van der Waals surface area contributed by atoms with Crippen LogP contribution < -0.4 is 0 Å². The first-order chi connectivity index (χ1) is 12.3. The summed E-state index contributed by atoms with van der Waals surface area (Å²) in [5.41, 5.74) is 1.66. The van der Waals surface area contributed by atoms with E-state index in [0.29, 0.717) is 37.7 Å². The van der Waals surface area contributed by atoms with Gasteiger partial charge in [0.1, 0.15) is 5.60 Å². The minimum Gasteiger partial charge on any atom is -0.461 e. The van der Waals surface area contributed by atoms with Crippen molar-refractivity contribution >= 4 is 12.1 Å². The molecule has 1 amide bonds. The number of rotatable bonds is 4. The fourth-order valence-electron chi connectivity index (χ4n) is 3.41. The molecule has 7 heteroatoms. The Labute approximate surface area is 154 Å². The average Bonchev–Trinajstić information content (AvgIpc) is 2.87. The van der Waals surface area contributed by atoms with E-state index >= 15 is 0 Å². The normalized spacial score (nSPS) is 17.5. The summed E-state index contributed by atoms with van der Waals surface area (Å²) in [4.78, 5) is 26.4. The highest BCUT2D eigenvalue weighted by molar-refractivity contribution is 5.89. The zero-order valence-corrected chi connectivity index (χ0v) is 16.2. The standard InChI is InChI=1S/C19H29N3O4/c1-5-25-17(23)16-14-12-21(18(24)26-19(2,3)4)10-9-15(14)22(20-16)11-13-7-6-8-13/h13H,5-12H2,1-4H3. The van der Waals surface area contributed by atoms with Crippen molar-refractivity contribution < 1.29 is 19.1 Å². The summed E-state index contributed by atoms with van der Waals surface area (Å²) in [7, 11) is 0. The van der Waals surface area contributed by atoms with Gasteiger partial charge in [-0.3, -0.25) is 4.68 Å². The summed E-state index contributed by atoms with van der Waals surface area (Å²) in [5, 5.41) is 4.56. The second-order valence-electron chi connectivity index (χ2n) is 8.13. The summed E-state index contributed by atoms with van der Waals surface area (Å²) in [6.45, 7) is 9.38. The Balaban J connectivity index is 1.83. The predicted molar refractivity (Wildman–Crippen MR) is 95.9 cm³/mol. The van der Waals surface area contributed by atoms with Crippen LogP contribution in [0.3, 0.4) is 0 Å². The third-order valence-electron chi connectivity index (χ3n) is 4.91. The maximum absolute atomic E-state index is 12.4. The Morgan fingerprint density at radius 1 is 1.27 bits per heavy atom. The molecule has 0 bridgehead atoms. The highest BCUT2D eigenvalue weighted by atomic mass is 16.6. The number of aromatic nitrogens is 2. The van der Waals surface area contributed by atoms with E-state index in [-0.39, 0.29) is 6.09 Å². The molecule has 1 aromatic rings. The number of carbonyl (C=O) groups excluding carboxylic acids is 2. The van der Waals surface area contributed by atoms with Crippen molar-refractivity contribution in [2.24, 2.45) is 5.92 Å². The monoisotopic (exact) mass is 363 g/mol. The molecule has 0 aromatic carbocycles. The molecule has 1 aliphatic heterocycles. The lowest BCUT2D eigenvalue weighted by Gasteiger charge is -2.31. The van der Waals surface area contributed by atoms with Crippen LogP contribution in [0.4, 0.5) is 4.79 Å². The van der Waals surface area contributed by atoms with Crippen molar-refractivity contribution in [1.29, 1.82) is 0 Å². The predicted octanol–water partition coefficient (Wildman–Crippen LogP) is 3.15. The van der Waals surface area contributed by atoms with Crippen LogP contribution in [0.2, 0.25) is 0 Å². The molecule has 0 unspecified atom stereocenters. The van der Waals surface area contributed by atoms with Crippen LogP contribution in [-0.2, 0) is 29.0 Å². The molecule has 0 radical (unpaired) electrons. The van der Waals surface area contributed by atoms with Crippen LogP contribution in [0.5, 0.6) is 0 Å². The van der Waals surface area contributed by atoms with Gasteiger partial charge in [-0.1, -0.05) is 6.42 Å². The Hall–Kier alpha value is -2.05. The number of hydrogen-bond acceptors (Lipinski definition) is 5. The van der Waals surface area contributed by atoms with E-state index in [1.54, 1.807) is 11.8 Å². The number of amides is 1. The zero-order valence-electron chi connectivity index (χ0n) is 16.2. The van der Waals surface area contributed by atoms with Gasteiger partial charge in [0, 0.05) is 30.8 Å². The van der Waals surface area contributed by atoms with E-state index < -0.39 is 11.6 Å². The van der Waals surface area contributed by atoms with Gasteiger partial charge in [0.25, 0.3) is 0 Å². The second-order valence-corrected chi connectivity index (χ2v) is 8.13. The first-order valence-electron chi connectivity index (χ1n) is 9.52. The van der Waals surface area contributed by atoms with Gasteiger partial charge in [-0.05, 0) is 46.5 Å². The molecule has 3 rings (SSSR count). The summed E-state index contributed by atoms with van der Waals surface area (Å²) in [5.74, 6) is 0.222. The minimum absolute atomic E-state index is 0.304. The number of nitrogens with zero attached hydrogens (tertiary/aromatic N) is 3. The zero-order chi connectivity index (χ0) is 18.9. The quantitative estimate of drug-likeness (QED) is 0.768. The van der Waals surface area contributed by atoms with Crippen LogP contribution in [0.1, 0.15) is 68.7 Å². The topological polar surface area (TPSA) is 73.7 Å². The van der Waals surface area contributed by atoms with Gasteiger partial charge in [0.05, 0.1) is 13.2 Å². The number of ether oxygens (including phenoxy) is 2. The Morgan fingerprint density at radius 2 is 2.00 bits per heavy atom. The van der Waals surface area contributed by atoms with Crippen molar-refractivity contribution in [1.82, 2.24) is 14.7 Å². The molecule has 2 aliphatic rings. The number of carbonyl (C=O) groups is 2. The third kappa shape index (κ3) is 4.02. The number of fused-ring (bicyclic) bond motifs is 1. The highest BCUT2D eigenvalue weighted by Crippen LogP contribution is 2.31. The molecule has 1 aromatic heterocycles. The lowest BCUT2D eigenvalue weighted by molar-refractivity contribution is 0.0218. The molecule has 1 saturated carbocycles. The molecule has 1 aliphatic carbocycles. The van der Waals surface area contributed by atoms with E-state index in [9.17, 15) is 9.59 Å². The van der Waals surface area contributed by atoms with E-state index in [1.807, 2.05) is 25.5 Å². The summed E-state index contributed by atoms with van der Waals surface area (Å²) in [6.07, 6.45) is 4.02. The molecule has 1 fully saturated rings. The fourth-order valence-corrected chi connectivity index (χ4v) is 3.41. The maximum atomic E-state index is 12.4. The van der Waals surface area contributed by atoms with Gasteiger partial charge in [-0.25, -0.2) is 9.59 Å². The molecule has 2 heterocycles. The van der Waals surface area contributed by atoms with Crippen LogP contribution in [0.15, 0.2) is 0 Å². The first-order valence-corrected chi connectivity index (χ1v) is 9.52. The van der Waals surface area contributed by atoms with Gasteiger partial charge in [0.2, 0.25) is 0 Å². The SMILES string of the molecule is CCOC(=O)c1nn(CC2CCC2)c2c1CN(C(=O)OC(C)(C)C)CC2. The van der Waals surface area contributed by atoms with E-state index in [1.165, 1.54) is 19.3 Å².